The van der Waals surface area contributed by atoms with Crippen molar-refractivity contribution in [1.82, 2.24) is 5.32 Å². The number of amides is 1. The molecule has 0 heterocycles. The Morgan fingerprint density at radius 1 is 1.09 bits per heavy atom. The molecule has 4 heteroatoms. The SMILES string of the molecule is O=C(COc1ccc2c(c1)CCC2)NCc1ccc(F)cc1. The Hall–Kier alpha value is -2.36. The summed E-state index contributed by atoms with van der Waals surface area (Å²) in [6.45, 7) is 0.354. The van der Waals surface area contributed by atoms with Gasteiger partial charge in [-0.3, -0.25) is 4.79 Å². The van der Waals surface area contributed by atoms with Gasteiger partial charge >= 0.3 is 0 Å². The van der Waals surface area contributed by atoms with Crippen molar-refractivity contribution in [2.45, 2.75) is 25.8 Å². The van der Waals surface area contributed by atoms with Gasteiger partial charge in [0.25, 0.3) is 5.91 Å². The molecule has 3 nitrogen and oxygen atoms in total. The number of benzene rings is 2. The number of carbonyl (C=O) groups excluding carboxylic acids is 1. The highest BCUT2D eigenvalue weighted by Crippen LogP contribution is 2.25. The average Bonchev–Trinajstić information content (AvgIpc) is 3.00. The van der Waals surface area contributed by atoms with Gasteiger partial charge in [-0.25, -0.2) is 4.39 Å². The zero-order chi connectivity index (χ0) is 15.4. The fourth-order valence-electron chi connectivity index (χ4n) is 2.64. The minimum absolute atomic E-state index is 0.0139. The molecule has 1 amide bonds. The van der Waals surface area contributed by atoms with Crippen LogP contribution in [0, 0.1) is 5.82 Å². The molecular formula is C18H18FNO2. The van der Waals surface area contributed by atoms with Gasteiger partial charge in [-0.05, 0) is 60.2 Å². The first-order valence-corrected chi connectivity index (χ1v) is 7.46. The van der Waals surface area contributed by atoms with E-state index in [4.69, 9.17) is 4.74 Å². The van der Waals surface area contributed by atoms with Gasteiger partial charge in [0.1, 0.15) is 11.6 Å². The van der Waals surface area contributed by atoms with E-state index in [2.05, 4.69) is 11.4 Å². The number of carbonyl (C=O) groups is 1. The molecule has 1 N–H and O–H groups in total. The van der Waals surface area contributed by atoms with E-state index in [1.807, 2.05) is 12.1 Å². The number of rotatable bonds is 5. The van der Waals surface area contributed by atoms with Gasteiger partial charge in [0.05, 0.1) is 0 Å². The van der Waals surface area contributed by atoms with Crippen LogP contribution in [-0.4, -0.2) is 12.5 Å². The van der Waals surface area contributed by atoms with Crippen molar-refractivity contribution in [3.63, 3.8) is 0 Å². The zero-order valence-corrected chi connectivity index (χ0v) is 12.3. The molecule has 2 aromatic rings. The molecule has 114 valence electrons. The Morgan fingerprint density at radius 3 is 2.68 bits per heavy atom. The number of ether oxygens (including phenoxy) is 1. The summed E-state index contributed by atoms with van der Waals surface area (Å²) in [5, 5.41) is 2.75. The van der Waals surface area contributed by atoms with Crippen molar-refractivity contribution in [3.8, 4) is 5.75 Å². The summed E-state index contributed by atoms with van der Waals surface area (Å²) in [7, 11) is 0. The largest absolute Gasteiger partial charge is 0.484 e. The topological polar surface area (TPSA) is 38.3 Å². The highest BCUT2D eigenvalue weighted by atomic mass is 19.1. The zero-order valence-electron chi connectivity index (χ0n) is 12.3. The molecule has 22 heavy (non-hydrogen) atoms. The summed E-state index contributed by atoms with van der Waals surface area (Å²) >= 11 is 0. The first-order valence-electron chi connectivity index (χ1n) is 7.46. The summed E-state index contributed by atoms with van der Waals surface area (Å²) in [6, 6.07) is 12.1. The lowest BCUT2D eigenvalue weighted by atomic mass is 10.1. The number of halogens is 1. The Kier molecular flexibility index (Phi) is 4.37. The van der Waals surface area contributed by atoms with E-state index in [0.717, 1.165) is 24.2 Å². The Morgan fingerprint density at radius 2 is 1.86 bits per heavy atom. The lowest BCUT2D eigenvalue weighted by molar-refractivity contribution is -0.123. The summed E-state index contributed by atoms with van der Waals surface area (Å²) in [4.78, 5) is 11.8. The molecular weight excluding hydrogens is 281 g/mol. The molecule has 0 radical (unpaired) electrons. The lowest BCUT2D eigenvalue weighted by Gasteiger charge is -2.09. The maximum Gasteiger partial charge on any atom is 0.258 e. The molecule has 1 aliphatic carbocycles. The van der Waals surface area contributed by atoms with Crippen LogP contribution in [0.3, 0.4) is 0 Å². The number of hydrogen-bond donors (Lipinski definition) is 1. The van der Waals surface area contributed by atoms with E-state index < -0.39 is 0 Å². The molecule has 0 fully saturated rings. The van der Waals surface area contributed by atoms with Crippen molar-refractivity contribution in [2.75, 3.05) is 6.61 Å². The Bertz CT molecular complexity index is 667. The van der Waals surface area contributed by atoms with Crippen LogP contribution in [0.25, 0.3) is 0 Å². The third-order valence-corrected chi connectivity index (χ3v) is 3.84. The van der Waals surface area contributed by atoms with Crippen LogP contribution in [-0.2, 0) is 24.2 Å². The van der Waals surface area contributed by atoms with E-state index in [9.17, 15) is 9.18 Å². The predicted octanol–water partition coefficient (Wildman–Crippen LogP) is 3.01. The van der Waals surface area contributed by atoms with Crippen LogP contribution in [0.2, 0.25) is 0 Å². The van der Waals surface area contributed by atoms with E-state index in [0.29, 0.717) is 6.54 Å². The summed E-state index contributed by atoms with van der Waals surface area (Å²) in [5.74, 6) is 0.262. The quantitative estimate of drug-likeness (QED) is 0.921. The molecule has 0 saturated heterocycles. The maximum atomic E-state index is 12.8. The fourth-order valence-corrected chi connectivity index (χ4v) is 2.64. The standard InChI is InChI=1S/C18H18FNO2/c19-16-7-4-13(5-8-16)11-20-18(21)12-22-17-9-6-14-2-1-3-15(14)10-17/h4-10H,1-3,11-12H2,(H,20,21). The first kappa shape index (κ1) is 14.6. The van der Waals surface area contributed by atoms with Crippen LogP contribution >= 0.6 is 0 Å². The van der Waals surface area contributed by atoms with E-state index in [-0.39, 0.29) is 18.3 Å². The molecule has 0 saturated carbocycles. The van der Waals surface area contributed by atoms with E-state index >= 15 is 0 Å². The fraction of sp³-hybridized carbons (Fsp3) is 0.278. The van der Waals surface area contributed by atoms with Gasteiger partial charge in [-0.15, -0.1) is 0 Å². The van der Waals surface area contributed by atoms with E-state index in [1.54, 1.807) is 12.1 Å². The minimum atomic E-state index is -0.282. The van der Waals surface area contributed by atoms with Crippen LogP contribution in [0.1, 0.15) is 23.1 Å². The molecule has 3 rings (SSSR count). The molecule has 0 atom stereocenters. The third-order valence-electron chi connectivity index (χ3n) is 3.84. The van der Waals surface area contributed by atoms with Crippen molar-refractivity contribution in [3.05, 3.63) is 65.0 Å². The third kappa shape index (κ3) is 3.64. The van der Waals surface area contributed by atoms with Gasteiger partial charge < -0.3 is 10.1 Å². The van der Waals surface area contributed by atoms with Crippen molar-refractivity contribution >= 4 is 5.91 Å². The monoisotopic (exact) mass is 299 g/mol. The number of nitrogens with one attached hydrogen (secondary N) is 1. The lowest BCUT2D eigenvalue weighted by Crippen LogP contribution is -2.28. The normalized spacial score (nSPS) is 12.8. The van der Waals surface area contributed by atoms with Crippen LogP contribution < -0.4 is 10.1 Å². The summed E-state index contributed by atoms with van der Waals surface area (Å²) < 4.78 is 18.3. The first-order chi connectivity index (χ1) is 10.7. The molecule has 2 aromatic carbocycles. The van der Waals surface area contributed by atoms with Crippen molar-refractivity contribution in [2.24, 2.45) is 0 Å². The van der Waals surface area contributed by atoms with Crippen LogP contribution in [0.4, 0.5) is 4.39 Å². The van der Waals surface area contributed by atoms with Crippen LogP contribution in [0.15, 0.2) is 42.5 Å². The molecule has 1 aliphatic rings. The second-order valence-electron chi connectivity index (χ2n) is 5.48. The van der Waals surface area contributed by atoms with E-state index in [1.165, 1.54) is 29.7 Å². The second-order valence-corrected chi connectivity index (χ2v) is 5.48. The Balaban J connectivity index is 1.47. The smallest absolute Gasteiger partial charge is 0.258 e. The highest BCUT2D eigenvalue weighted by molar-refractivity contribution is 5.77. The van der Waals surface area contributed by atoms with Gasteiger partial charge in [0.2, 0.25) is 0 Å². The van der Waals surface area contributed by atoms with Gasteiger partial charge in [-0.2, -0.15) is 0 Å². The van der Waals surface area contributed by atoms with Crippen molar-refractivity contribution < 1.29 is 13.9 Å². The highest BCUT2D eigenvalue weighted by Gasteiger charge is 2.11. The molecule has 0 spiro atoms. The molecule has 0 aliphatic heterocycles. The molecule has 0 bridgehead atoms. The average molecular weight is 299 g/mol. The van der Waals surface area contributed by atoms with Gasteiger partial charge in [0.15, 0.2) is 6.61 Å². The second kappa shape index (κ2) is 6.60. The minimum Gasteiger partial charge on any atom is -0.484 e. The van der Waals surface area contributed by atoms with Crippen LogP contribution in [0.5, 0.6) is 5.75 Å². The van der Waals surface area contributed by atoms with Gasteiger partial charge in [-0.1, -0.05) is 18.2 Å². The number of hydrogen-bond acceptors (Lipinski definition) is 2. The Labute approximate surface area is 129 Å². The molecule has 0 unspecified atom stereocenters. The number of fused-ring (bicyclic) bond motifs is 1. The predicted molar refractivity (Wildman–Crippen MR) is 82.2 cm³/mol. The number of aryl methyl sites for hydroxylation is 2. The summed E-state index contributed by atoms with van der Waals surface area (Å²) in [6.07, 6.45) is 3.41. The van der Waals surface area contributed by atoms with Crippen molar-refractivity contribution in [1.29, 1.82) is 0 Å². The maximum absolute atomic E-state index is 12.8. The molecule has 0 aromatic heterocycles. The van der Waals surface area contributed by atoms with Gasteiger partial charge in [0, 0.05) is 6.54 Å². The summed E-state index contributed by atoms with van der Waals surface area (Å²) in [5.41, 5.74) is 3.56.